The molecule has 0 spiro atoms. The molecule has 5 heteroatoms. The van der Waals surface area contributed by atoms with Crippen molar-refractivity contribution in [2.75, 3.05) is 0 Å². The van der Waals surface area contributed by atoms with Crippen LogP contribution in [0, 0.1) is 0 Å². The van der Waals surface area contributed by atoms with Gasteiger partial charge in [-0.3, -0.25) is 0 Å². The Hall–Kier alpha value is -2.68. The molecule has 0 saturated heterocycles. The van der Waals surface area contributed by atoms with Crippen LogP contribution in [-0.2, 0) is 33.9 Å². The molecule has 218 valence electrons. The van der Waals surface area contributed by atoms with Crippen molar-refractivity contribution >= 4 is 24.0 Å². The van der Waals surface area contributed by atoms with Crippen LogP contribution in [0.1, 0.15) is 109 Å². The normalized spacial score (nSPS) is 27.0. The van der Waals surface area contributed by atoms with E-state index in [1.54, 1.807) is 5.57 Å². The Kier molecular flexibility index (Phi) is 5.98. The van der Waals surface area contributed by atoms with E-state index < -0.39 is 6.46 Å². The standard InChI is InChI=1S/C37H43N2OPS/c1-23(2)32-37-22-12-15-25(37)33(41(32,42)24-13-10-9-11-14-24)36(7,8)28-17-16-26(38-28)34(3,4)30-20-21-31(40-30)35(5,6)27-18-19-29(37)39-27/h9-11,13-14,16-21,38-39H,12,15,22H2,1-8H3/t37-,41?/m0/s1. The van der Waals surface area contributed by atoms with Crippen molar-refractivity contribution in [1.82, 2.24) is 9.97 Å². The van der Waals surface area contributed by atoms with Gasteiger partial charge in [-0.25, -0.2) is 0 Å². The Morgan fingerprint density at radius 2 is 1.24 bits per heavy atom. The van der Waals surface area contributed by atoms with Crippen molar-refractivity contribution < 1.29 is 4.42 Å². The minimum Gasteiger partial charge on any atom is -0.541 e. The van der Waals surface area contributed by atoms with Crippen LogP contribution < -0.4 is 5.30 Å². The summed E-state index contributed by atoms with van der Waals surface area (Å²) in [6, 6.07) is 24.6. The monoisotopic (exact) mass is 594 g/mol. The Bertz CT molecular complexity index is 1770. The lowest BCUT2D eigenvalue weighted by Gasteiger charge is -2.42. The van der Waals surface area contributed by atoms with Crippen LogP contribution in [0.25, 0.3) is 0 Å². The van der Waals surface area contributed by atoms with E-state index in [1.165, 1.54) is 38.6 Å². The third kappa shape index (κ3) is 3.46. The molecule has 1 aromatic carbocycles. The maximum atomic E-state index is 7.20. The number of hydrogen-bond donors (Lipinski definition) is 2. The van der Waals surface area contributed by atoms with E-state index in [1.807, 2.05) is 0 Å². The third-order valence-corrected chi connectivity index (χ3v) is 16.4. The predicted octanol–water partition coefficient (Wildman–Crippen LogP) is 9.67. The number of furan rings is 1. The van der Waals surface area contributed by atoms with E-state index in [-0.39, 0.29) is 21.7 Å². The maximum Gasteiger partial charge on any atom is 0.115 e. The Morgan fingerprint density at radius 1 is 0.714 bits per heavy atom. The zero-order chi connectivity index (χ0) is 29.9. The first-order valence-electron chi connectivity index (χ1n) is 15.4. The van der Waals surface area contributed by atoms with Crippen LogP contribution in [0.5, 0.6) is 0 Å². The molecule has 7 rings (SSSR count). The minimum absolute atomic E-state index is 0.214. The fourth-order valence-corrected chi connectivity index (χ4v) is 15.3. The van der Waals surface area contributed by atoms with Gasteiger partial charge in [-0.15, -0.1) is 0 Å². The van der Waals surface area contributed by atoms with Gasteiger partial charge >= 0.3 is 0 Å². The summed E-state index contributed by atoms with van der Waals surface area (Å²) in [5.41, 5.74) is 6.65. The molecule has 3 aromatic heterocycles. The number of H-pyrrole nitrogens is 2. The molecular formula is C37H43N2OPS. The SMILES string of the molecule is CC(C)=C1[C@@]23CCCC2=C(C(C)(C)c2ccc([nH]2)C(C)(C)c2ccc(o2)C(C)(C)c2ccc3[nH]2)[P+]1([S-])c1ccccc1. The summed E-state index contributed by atoms with van der Waals surface area (Å²) >= 11 is 7.20. The lowest BCUT2D eigenvalue weighted by molar-refractivity contribution is 0.359. The molecule has 42 heavy (non-hydrogen) atoms. The lowest BCUT2D eigenvalue weighted by atomic mass is 9.74. The van der Waals surface area contributed by atoms with Gasteiger partial charge in [-0.05, 0) is 141 Å². The van der Waals surface area contributed by atoms with Crippen LogP contribution >= 0.6 is 6.46 Å². The van der Waals surface area contributed by atoms with Gasteiger partial charge < -0.3 is 26.6 Å². The van der Waals surface area contributed by atoms with Gasteiger partial charge in [0, 0.05) is 22.8 Å². The molecule has 8 bridgehead atoms. The highest BCUT2D eigenvalue weighted by Gasteiger charge is 2.65. The average Bonchev–Trinajstić information content (AvgIpc) is 3.74. The second-order valence-corrected chi connectivity index (χ2v) is 18.8. The third-order valence-electron chi connectivity index (χ3n) is 10.7. The minimum atomic E-state index is -2.36. The Balaban J connectivity index is 1.63. The molecule has 0 radical (unpaired) electrons. The van der Waals surface area contributed by atoms with Gasteiger partial charge in [0.25, 0.3) is 0 Å². The van der Waals surface area contributed by atoms with Gasteiger partial charge in [0.05, 0.1) is 37.6 Å². The Morgan fingerprint density at radius 3 is 1.81 bits per heavy atom. The molecule has 3 aliphatic rings. The van der Waals surface area contributed by atoms with Gasteiger partial charge in [-0.1, -0.05) is 18.2 Å². The summed E-state index contributed by atoms with van der Waals surface area (Å²) in [4.78, 5) is 7.95. The number of allylic oxidation sites excluding steroid dienone is 4. The molecule has 3 nitrogen and oxygen atoms in total. The second kappa shape index (κ2) is 8.93. The smallest absolute Gasteiger partial charge is 0.115 e. The Labute approximate surface area is 256 Å². The van der Waals surface area contributed by atoms with E-state index in [9.17, 15) is 0 Å². The maximum absolute atomic E-state index is 7.20. The highest BCUT2D eigenvalue weighted by atomic mass is 32.7. The number of fused-ring (bicyclic) bond motifs is 6. The molecule has 2 aliphatic heterocycles. The molecule has 1 saturated carbocycles. The van der Waals surface area contributed by atoms with Crippen molar-refractivity contribution in [3.63, 3.8) is 0 Å². The predicted molar refractivity (Wildman–Crippen MR) is 179 cm³/mol. The zero-order valence-electron chi connectivity index (χ0n) is 26.2. The molecule has 0 amide bonds. The second-order valence-electron chi connectivity index (χ2n) is 14.5. The van der Waals surface area contributed by atoms with E-state index >= 15 is 0 Å². The zero-order valence-corrected chi connectivity index (χ0v) is 27.9. The summed E-state index contributed by atoms with van der Waals surface area (Å²) < 4.78 is 6.70. The summed E-state index contributed by atoms with van der Waals surface area (Å²) in [6.45, 7) is 16.1. The summed E-state index contributed by atoms with van der Waals surface area (Å²) in [6.07, 6.45) is 3.33. The molecule has 1 aliphatic carbocycles. The van der Waals surface area contributed by atoms with E-state index in [0.29, 0.717) is 0 Å². The number of nitrogens with one attached hydrogen (secondary N) is 2. The van der Waals surface area contributed by atoms with Crippen LogP contribution in [0.2, 0.25) is 0 Å². The van der Waals surface area contributed by atoms with Crippen molar-refractivity contribution in [1.29, 1.82) is 0 Å². The van der Waals surface area contributed by atoms with Gasteiger partial charge in [-0.2, -0.15) is 0 Å². The molecule has 1 fully saturated rings. The van der Waals surface area contributed by atoms with Crippen molar-refractivity contribution in [3.05, 3.63) is 123 Å². The first-order valence-corrected chi connectivity index (χ1v) is 18.2. The van der Waals surface area contributed by atoms with E-state index in [0.717, 1.165) is 36.5 Å². The summed E-state index contributed by atoms with van der Waals surface area (Å²) in [5.74, 6) is 1.95. The van der Waals surface area contributed by atoms with Gasteiger partial charge in [0.15, 0.2) is 0 Å². The molecule has 2 N–H and O–H groups in total. The molecule has 2 atom stereocenters. The van der Waals surface area contributed by atoms with E-state index in [2.05, 4.69) is 132 Å². The number of rotatable bonds is 1. The number of benzene rings is 1. The summed E-state index contributed by atoms with van der Waals surface area (Å²) in [5, 5.41) is 4.28. The number of aromatic nitrogens is 2. The highest BCUT2D eigenvalue weighted by molar-refractivity contribution is 8.49. The molecule has 5 heterocycles. The molecule has 1 unspecified atom stereocenters. The fourth-order valence-electron chi connectivity index (χ4n) is 8.42. The largest absolute Gasteiger partial charge is 0.541 e. The van der Waals surface area contributed by atoms with Crippen molar-refractivity contribution in [2.24, 2.45) is 0 Å². The quantitative estimate of drug-likeness (QED) is 0.170. The number of hydrogen-bond acceptors (Lipinski definition) is 2. The van der Waals surface area contributed by atoms with Crippen LogP contribution in [-0.4, -0.2) is 9.97 Å². The first-order chi connectivity index (χ1) is 19.8. The van der Waals surface area contributed by atoms with E-state index in [4.69, 9.17) is 16.7 Å². The molecular weight excluding hydrogens is 551 g/mol. The van der Waals surface area contributed by atoms with Crippen molar-refractivity contribution in [2.45, 2.75) is 96.3 Å². The van der Waals surface area contributed by atoms with Crippen LogP contribution in [0.4, 0.5) is 0 Å². The highest BCUT2D eigenvalue weighted by Crippen LogP contribution is 2.85. The van der Waals surface area contributed by atoms with Crippen LogP contribution in [0.3, 0.4) is 0 Å². The van der Waals surface area contributed by atoms with Crippen LogP contribution in [0.15, 0.2) is 92.9 Å². The molecule has 4 aromatic rings. The van der Waals surface area contributed by atoms with Gasteiger partial charge in [0.1, 0.15) is 11.5 Å². The lowest BCUT2D eigenvalue weighted by Crippen LogP contribution is -2.28. The average molecular weight is 595 g/mol. The topological polar surface area (TPSA) is 44.7 Å². The van der Waals surface area contributed by atoms with Crippen molar-refractivity contribution in [3.8, 4) is 0 Å². The fraction of sp³-hybridized carbons (Fsp3) is 0.405. The summed E-state index contributed by atoms with van der Waals surface area (Å²) in [7, 11) is 0. The van der Waals surface area contributed by atoms with Gasteiger partial charge in [0.2, 0.25) is 0 Å². The first kappa shape index (κ1) is 28.1. The number of aromatic amines is 2.